The Morgan fingerprint density at radius 1 is 0.933 bits per heavy atom. The summed E-state index contributed by atoms with van der Waals surface area (Å²) in [5.41, 5.74) is -0.146. The van der Waals surface area contributed by atoms with Crippen molar-refractivity contribution in [2.45, 2.75) is 64.0 Å². The van der Waals surface area contributed by atoms with E-state index < -0.39 is 5.60 Å². The number of rotatable bonds is 12. The van der Waals surface area contributed by atoms with E-state index in [1.165, 1.54) is 32.0 Å². The van der Waals surface area contributed by atoms with Gasteiger partial charge in [-0.05, 0) is 48.4 Å². The van der Waals surface area contributed by atoms with Crippen LogP contribution in [0.1, 0.15) is 57.4 Å². The van der Waals surface area contributed by atoms with Crippen molar-refractivity contribution in [3.8, 4) is 11.5 Å². The number of hydrogen-bond acceptors (Lipinski definition) is 4. The number of aliphatic hydroxyl groups is 1. The summed E-state index contributed by atoms with van der Waals surface area (Å²) in [6, 6.07) is 14.9. The summed E-state index contributed by atoms with van der Waals surface area (Å²) >= 11 is 5.93. The quantitative estimate of drug-likeness (QED) is 0.341. The van der Waals surface area contributed by atoms with Gasteiger partial charge in [-0.25, -0.2) is 9.67 Å². The minimum absolute atomic E-state index is 0.374. The number of ether oxygens (including phenoxy) is 1. The Morgan fingerprint density at radius 2 is 1.57 bits per heavy atom. The number of unbranched alkanes of at least 4 members (excludes halogenated alkanes) is 5. The molecule has 1 unspecified atom stereocenters. The molecule has 0 radical (unpaired) electrons. The fourth-order valence-corrected chi connectivity index (χ4v) is 3.69. The Bertz CT molecular complexity index is 866. The van der Waals surface area contributed by atoms with Crippen LogP contribution < -0.4 is 4.74 Å². The van der Waals surface area contributed by atoms with Gasteiger partial charge in [-0.3, -0.25) is 0 Å². The lowest BCUT2D eigenvalue weighted by molar-refractivity contribution is 0.00373. The molecule has 6 heteroatoms. The molecule has 160 valence electrons. The SMILES string of the molecule is CCCCCCCCC(O)(Cn1cncn1)c1ccc(Oc2ccc(Cl)cc2)cc1. The average molecular weight is 428 g/mol. The highest BCUT2D eigenvalue weighted by molar-refractivity contribution is 6.30. The molecule has 0 aliphatic heterocycles. The molecule has 0 fully saturated rings. The van der Waals surface area contributed by atoms with E-state index in [2.05, 4.69) is 17.0 Å². The van der Waals surface area contributed by atoms with Crippen molar-refractivity contribution in [3.63, 3.8) is 0 Å². The maximum absolute atomic E-state index is 11.5. The fraction of sp³-hybridized carbons (Fsp3) is 0.417. The molecule has 0 saturated carbocycles. The van der Waals surface area contributed by atoms with Gasteiger partial charge in [0.1, 0.15) is 29.8 Å². The van der Waals surface area contributed by atoms with Gasteiger partial charge in [-0.1, -0.05) is 69.2 Å². The topological polar surface area (TPSA) is 60.2 Å². The first-order chi connectivity index (χ1) is 14.6. The molecule has 3 aromatic rings. The minimum atomic E-state index is -1.00. The largest absolute Gasteiger partial charge is 0.457 e. The molecule has 0 aliphatic rings. The second-order valence-corrected chi connectivity index (χ2v) is 8.16. The van der Waals surface area contributed by atoms with Crippen molar-refractivity contribution < 1.29 is 9.84 Å². The third kappa shape index (κ3) is 6.57. The van der Waals surface area contributed by atoms with E-state index in [9.17, 15) is 5.11 Å². The number of aromatic nitrogens is 3. The van der Waals surface area contributed by atoms with Crippen molar-refractivity contribution in [2.75, 3.05) is 0 Å². The minimum Gasteiger partial charge on any atom is -0.457 e. The third-order valence-electron chi connectivity index (χ3n) is 5.28. The van der Waals surface area contributed by atoms with E-state index in [1.807, 2.05) is 36.4 Å². The zero-order valence-corrected chi connectivity index (χ0v) is 18.3. The van der Waals surface area contributed by atoms with Gasteiger partial charge in [-0.2, -0.15) is 5.10 Å². The molecule has 1 heterocycles. The van der Waals surface area contributed by atoms with Crippen LogP contribution in [0.4, 0.5) is 0 Å². The van der Waals surface area contributed by atoms with E-state index in [0.717, 1.165) is 24.2 Å². The van der Waals surface area contributed by atoms with Crippen molar-refractivity contribution in [3.05, 3.63) is 71.8 Å². The van der Waals surface area contributed by atoms with Crippen molar-refractivity contribution in [1.82, 2.24) is 14.8 Å². The summed E-state index contributed by atoms with van der Waals surface area (Å²) < 4.78 is 7.56. The van der Waals surface area contributed by atoms with Gasteiger partial charge in [0.25, 0.3) is 0 Å². The molecular formula is C24H30ClN3O2. The Balaban J connectivity index is 1.67. The average Bonchev–Trinajstić information content (AvgIpc) is 3.25. The summed E-state index contributed by atoms with van der Waals surface area (Å²) in [7, 11) is 0. The third-order valence-corrected chi connectivity index (χ3v) is 5.53. The standard InChI is InChI=1S/C24H30ClN3O2/c1-2-3-4-5-6-7-16-24(29,17-28-19-26-18-27-28)20-8-12-22(13-9-20)30-23-14-10-21(25)11-15-23/h8-15,18-19,29H,2-7,16-17H2,1H3. The molecule has 30 heavy (non-hydrogen) atoms. The second-order valence-electron chi connectivity index (χ2n) is 7.72. The van der Waals surface area contributed by atoms with Crippen LogP contribution in [0.2, 0.25) is 5.02 Å². The van der Waals surface area contributed by atoms with Crippen LogP contribution in [0, 0.1) is 0 Å². The van der Waals surface area contributed by atoms with Crippen LogP contribution in [-0.2, 0) is 12.1 Å². The van der Waals surface area contributed by atoms with E-state index in [1.54, 1.807) is 23.1 Å². The number of halogens is 1. The molecule has 1 N–H and O–H groups in total. The van der Waals surface area contributed by atoms with Gasteiger partial charge < -0.3 is 9.84 Å². The van der Waals surface area contributed by atoms with Crippen LogP contribution in [-0.4, -0.2) is 19.9 Å². The Kier molecular flexibility index (Phi) is 8.29. The predicted octanol–water partition coefficient (Wildman–Crippen LogP) is 6.36. The van der Waals surface area contributed by atoms with E-state index in [4.69, 9.17) is 16.3 Å². The first-order valence-electron chi connectivity index (χ1n) is 10.7. The lowest BCUT2D eigenvalue weighted by atomic mass is 9.88. The van der Waals surface area contributed by atoms with E-state index in [-0.39, 0.29) is 0 Å². The molecule has 1 atom stereocenters. The molecule has 0 amide bonds. The van der Waals surface area contributed by atoms with E-state index in [0.29, 0.717) is 23.7 Å². The van der Waals surface area contributed by atoms with Crippen LogP contribution in [0.5, 0.6) is 11.5 Å². The van der Waals surface area contributed by atoms with Crippen molar-refractivity contribution in [1.29, 1.82) is 0 Å². The Hall–Kier alpha value is -2.37. The molecule has 5 nitrogen and oxygen atoms in total. The predicted molar refractivity (Wildman–Crippen MR) is 120 cm³/mol. The molecular weight excluding hydrogens is 398 g/mol. The summed E-state index contributed by atoms with van der Waals surface area (Å²) in [5.74, 6) is 1.43. The van der Waals surface area contributed by atoms with Gasteiger partial charge >= 0.3 is 0 Å². The van der Waals surface area contributed by atoms with Crippen LogP contribution >= 0.6 is 11.6 Å². The Labute approximate surface area is 183 Å². The zero-order valence-electron chi connectivity index (χ0n) is 17.5. The lowest BCUT2D eigenvalue weighted by Gasteiger charge is -2.29. The first kappa shape index (κ1) is 22.3. The summed E-state index contributed by atoms with van der Waals surface area (Å²) in [6.07, 6.45) is 10.9. The van der Waals surface area contributed by atoms with Gasteiger partial charge in [0.15, 0.2) is 0 Å². The highest BCUT2D eigenvalue weighted by atomic mass is 35.5. The molecule has 3 rings (SSSR count). The summed E-state index contributed by atoms with van der Waals surface area (Å²) in [6.45, 7) is 2.59. The second kappa shape index (κ2) is 11.1. The zero-order chi connectivity index (χ0) is 21.2. The fourth-order valence-electron chi connectivity index (χ4n) is 3.57. The molecule has 0 spiro atoms. The Morgan fingerprint density at radius 3 is 2.20 bits per heavy atom. The lowest BCUT2D eigenvalue weighted by Crippen LogP contribution is -2.31. The van der Waals surface area contributed by atoms with Gasteiger partial charge in [0, 0.05) is 5.02 Å². The van der Waals surface area contributed by atoms with E-state index >= 15 is 0 Å². The highest BCUT2D eigenvalue weighted by Gasteiger charge is 2.30. The van der Waals surface area contributed by atoms with Gasteiger partial charge in [0.2, 0.25) is 0 Å². The van der Waals surface area contributed by atoms with Gasteiger partial charge in [0.05, 0.1) is 6.54 Å². The maximum atomic E-state index is 11.5. The normalized spacial score (nSPS) is 13.2. The maximum Gasteiger partial charge on any atom is 0.137 e. The smallest absolute Gasteiger partial charge is 0.137 e. The van der Waals surface area contributed by atoms with Gasteiger partial charge in [-0.15, -0.1) is 0 Å². The molecule has 0 bridgehead atoms. The monoisotopic (exact) mass is 427 g/mol. The molecule has 0 saturated heterocycles. The highest BCUT2D eigenvalue weighted by Crippen LogP contribution is 2.32. The van der Waals surface area contributed by atoms with Crippen molar-refractivity contribution >= 4 is 11.6 Å². The summed E-state index contributed by atoms with van der Waals surface area (Å²) in [4.78, 5) is 4.01. The van der Waals surface area contributed by atoms with Crippen LogP contribution in [0.15, 0.2) is 61.2 Å². The first-order valence-corrected chi connectivity index (χ1v) is 11.1. The number of benzene rings is 2. The van der Waals surface area contributed by atoms with Crippen molar-refractivity contribution in [2.24, 2.45) is 0 Å². The molecule has 1 aromatic heterocycles. The number of hydrogen-bond donors (Lipinski definition) is 1. The van der Waals surface area contributed by atoms with Crippen LogP contribution in [0.3, 0.4) is 0 Å². The molecule has 2 aromatic carbocycles. The molecule has 0 aliphatic carbocycles. The van der Waals surface area contributed by atoms with Crippen LogP contribution in [0.25, 0.3) is 0 Å². The summed E-state index contributed by atoms with van der Waals surface area (Å²) in [5, 5.41) is 16.4. The number of nitrogens with zero attached hydrogens (tertiary/aromatic N) is 3.